The number of hydrogen-bond donors (Lipinski definition) is 2. The van der Waals surface area contributed by atoms with Crippen LogP contribution in [-0.2, 0) is 20.9 Å². The Hall–Kier alpha value is -4.01. The molecule has 0 saturated carbocycles. The van der Waals surface area contributed by atoms with Gasteiger partial charge >= 0.3 is 5.97 Å². The van der Waals surface area contributed by atoms with E-state index in [-0.39, 0.29) is 23.9 Å². The number of para-hydroxylation sites is 2. The van der Waals surface area contributed by atoms with E-state index in [2.05, 4.69) is 15.6 Å². The van der Waals surface area contributed by atoms with Crippen molar-refractivity contribution in [1.29, 1.82) is 0 Å². The summed E-state index contributed by atoms with van der Waals surface area (Å²) in [5.74, 6) is -1.39. The van der Waals surface area contributed by atoms with Gasteiger partial charge in [-0.15, -0.1) is 0 Å². The van der Waals surface area contributed by atoms with Crippen molar-refractivity contribution >= 4 is 34.4 Å². The predicted octanol–water partition coefficient (Wildman–Crippen LogP) is 1.96. The maximum atomic E-state index is 12.4. The second-order valence-electron chi connectivity index (χ2n) is 7.55. The molecule has 2 N–H and O–H groups in total. The minimum absolute atomic E-state index is 0.283. The molecule has 0 bridgehead atoms. The maximum absolute atomic E-state index is 12.4. The minimum Gasteiger partial charge on any atom is -0.454 e. The molecule has 1 aromatic heterocycles. The van der Waals surface area contributed by atoms with Gasteiger partial charge in [0.2, 0.25) is 0 Å². The summed E-state index contributed by atoms with van der Waals surface area (Å²) in [6.07, 6.45) is 1.26. The van der Waals surface area contributed by atoms with E-state index in [1.165, 1.54) is 6.33 Å². The van der Waals surface area contributed by atoms with Gasteiger partial charge in [0.1, 0.15) is 6.54 Å². The molecule has 2 aromatic carbocycles. The van der Waals surface area contributed by atoms with Crippen molar-refractivity contribution in [3.05, 3.63) is 70.8 Å². The molecule has 0 aliphatic heterocycles. The first-order chi connectivity index (χ1) is 15.3. The molecule has 0 fully saturated rings. The molecule has 0 unspecified atom stereocenters. The zero-order chi connectivity index (χ0) is 23.1. The smallest absolute Gasteiger partial charge is 0.326 e. The van der Waals surface area contributed by atoms with Crippen LogP contribution in [0.5, 0.6) is 0 Å². The average Bonchev–Trinajstić information content (AvgIpc) is 2.78. The quantitative estimate of drug-likeness (QED) is 0.521. The minimum atomic E-state index is -0.762. The number of rotatable bonds is 8. The predicted molar refractivity (Wildman–Crippen MR) is 119 cm³/mol. The summed E-state index contributed by atoms with van der Waals surface area (Å²) in [4.78, 5) is 53.3. The van der Waals surface area contributed by atoms with E-state index in [0.29, 0.717) is 28.7 Å². The van der Waals surface area contributed by atoms with Crippen LogP contribution in [-0.4, -0.2) is 40.5 Å². The summed E-state index contributed by atoms with van der Waals surface area (Å²) < 4.78 is 6.11. The van der Waals surface area contributed by atoms with E-state index in [1.807, 2.05) is 13.8 Å². The molecule has 2 amide bonds. The van der Waals surface area contributed by atoms with Gasteiger partial charge in [-0.25, -0.2) is 4.98 Å². The number of carbonyl (C=O) groups excluding carboxylic acids is 3. The molecule has 0 aliphatic rings. The Morgan fingerprint density at radius 3 is 2.56 bits per heavy atom. The maximum Gasteiger partial charge on any atom is 0.326 e. The van der Waals surface area contributed by atoms with Gasteiger partial charge in [-0.1, -0.05) is 38.1 Å². The fourth-order valence-electron chi connectivity index (χ4n) is 2.92. The number of fused-ring (bicyclic) bond motifs is 1. The van der Waals surface area contributed by atoms with Crippen LogP contribution in [0, 0.1) is 5.92 Å². The lowest BCUT2D eigenvalue weighted by molar-refractivity contribution is -0.147. The summed E-state index contributed by atoms with van der Waals surface area (Å²) >= 11 is 0. The van der Waals surface area contributed by atoms with Gasteiger partial charge in [-0.3, -0.25) is 23.7 Å². The monoisotopic (exact) mass is 436 g/mol. The molecule has 1 heterocycles. The Labute approximate surface area is 184 Å². The Balaban J connectivity index is 1.58. The first-order valence-electron chi connectivity index (χ1n) is 10.1. The number of hydrogen-bond acceptors (Lipinski definition) is 6. The summed E-state index contributed by atoms with van der Waals surface area (Å²) in [6.45, 7) is 3.52. The van der Waals surface area contributed by atoms with E-state index in [9.17, 15) is 19.2 Å². The van der Waals surface area contributed by atoms with Crippen molar-refractivity contribution < 1.29 is 19.1 Å². The molecule has 0 atom stereocenters. The first kappa shape index (κ1) is 22.7. The number of esters is 1. The van der Waals surface area contributed by atoms with E-state index in [0.717, 1.165) is 4.57 Å². The molecule has 9 heteroatoms. The zero-order valence-electron chi connectivity index (χ0n) is 17.8. The van der Waals surface area contributed by atoms with Crippen LogP contribution in [0.3, 0.4) is 0 Å². The van der Waals surface area contributed by atoms with E-state index in [1.54, 1.807) is 48.5 Å². The fraction of sp³-hybridized carbons (Fsp3) is 0.261. The molecule has 0 saturated heterocycles. The van der Waals surface area contributed by atoms with Crippen LogP contribution in [0.1, 0.15) is 24.2 Å². The molecule has 0 radical (unpaired) electrons. The number of carbonyl (C=O) groups is 3. The molecule has 32 heavy (non-hydrogen) atoms. The standard InChI is InChI=1S/C23H24N4O5/c1-15(2)11-24-22(30)16-7-3-6-10-19(16)26-20(28)13-32-21(29)12-27-14-25-18-9-5-4-8-17(18)23(27)31/h3-10,14-15H,11-13H2,1-2H3,(H,24,30)(H,26,28). The fourth-order valence-corrected chi connectivity index (χ4v) is 2.92. The zero-order valence-corrected chi connectivity index (χ0v) is 17.8. The van der Waals surface area contributed by atoms with Crippen molar-refractivity contribution in [2.24, 2.45) is 5.92 Å². The molecule has 0 aliphatic carbocycles. The Morgan fingerprint density at radius 2 is 1.78 bits per heavy atom. The highest BCUT2D eigenvalue weighted by atomic mass is 16.5. The Bertz CT molecular complexity index is 1200. The highest BCUT2D eigenvalue weighted by molar-refractivity contribution is 6.04. The number of aromatic nitrogens is 2. The summed E-state index contributed by atoms with van der Waals surface area (Å²) in [5, 5.41) is 5.75. The molecule has 3 rings (SSSR count). The van der Waals surface area contributed by atoms with Crippen LogP contribution < -0.4 is 16.2 Å². The number of anilines is 1. The third-order valence-electron chi connectivity index (χ3n) is 4.51. The lowest BCUT2D eigenvalue weighted by Gasteiger charge is -2.13. The van der Waals surface area contributed by atoms with Gasteiger partial charge in [0, 0.05) is 6.54 Å². The number of nitrogens with zero attached hydrogens (tertiary/aromatic N) is 2. The Kier molecular flexibility index (Phi) is 7.33. The second kappa shape index (κ2) is 10.3. The number of ether oxygens (including phenoxy) is 1. The highest BCUT2D eigenvalue weighted by Gasteiger charge is 2.15. The highest BCUT2D eigenvalue weighted by Crippen LogP contribution is 2.15. The molecule has 3 aromatic rings. The topological polar surface area (TPSA) is 119 Å². The third-order valence-corrected chi connectivity index (χ3v) is 4.51. The molecule has 9 nitrogen and oxygen atoms in total. The summed E-state index contributed by atoms with van der Waals surface area (Å²) in [5.41, 5.74) is 0.766. The van der Waals surface area contributed by atoms with E-state index >= 15 is 0 Å². The lowest BCUT2D eigenvalue weighted by Crippen LogP contribution is -2.30. The van der Waals surface area contributed by atoms with Gasteiger partial charge in [0.05, 0.1) is 28.5 Å². The van der Waals surface area contributed by atoms with Crippen LogP contribution >= 0.6 is 0 Å². The molecule has 0 spiro atoms. The largest absolute Gasteiger partial charge is 0.454 e. The number of amides is 2. The second-order valence-corrected chi connectivity index (χ2v) is 7.55. The van der Waals surface area contributed by atoms with Gasteiger partial charge in [-0.05, 0) is 30.2 Å². The van der Waals surface area contributed by atoms with E-state index in [4.69, 9.17) is 4.74 Å². The summed E-state index contributed by atoms with van der Waals surface area (Å²) in [7, 11) is 0. The van der Waals surface area contributed by atoms with Crippen molar-refractivity contribution in [3.8, 4) is 0 Å². The molecular weight excluding hydrogens is 412 g/mol. The third kappa shape index (κ3) is 5.78. The van der Waals surface area contributed by atoms with Crippen molar-refractivity contribution in [1.82, 2.24) is 14.9 Å². The average molecular weight is 436 g/mol. The van der Waals surface area contributed by atoms with Gasteiger partial charge < -0.3 is 15.4 Å². The first-order valence-corrected chi connectivity index (χ1v) is 10.1. The van der Waals surface area contributed by atoms with Gasteiger partial charge in [0.25, 0.3) is 17.4 Å². The molecule has 166 valence electrons. The van der Waals surface area contributed by atoms with E-state index < -0.39 is 18.5 Å². The van der Waals surface area contributed by atoms with Crippen molar-refractivity contribution in [2.45, 2.75) is 20.4 Å². The van der Waals surface area contributed by atoms with Crippen LogP contribution in [0.15, 0.2) is 59.7 Å². The van der Waals surface area contributed by atoms with Crippen molar-refractivity contribution in [2.75, 3.05) is 18.5 Å². The van der Waals surface area contributed by atoms with Crippen molar-refractivity contribution in [3.63, 3.8) is 0 Å². The van der Waals surface area contributed by atoms with Gasteiger partial charge in [0.15, 0.2) is 6.61 Å². The van der Waals surface area contributed by atoms with Crippen LogP contribution in [0.2, 0.25) is 0 Å². The Morgan fingerprint density at radius 1 is 1.06 bits per heavy atom. The van der Waals surface area contributed by atoms with Crippen LogP contribution in [0.25, 0.3) is 10.9 Å². The lowest BCUT2D eigenvalue weighted by atomic mass is 10.1. The summed E-state index contributed by atoms with van der Waals surface area (Å²) in [6, 6.07) is 13.3. The molecular formula is C23H24N4O5. The number of benzene rings is 2. The number of nitrogens with one attached hydrogen (secondary N) is 2. The van der Waals surface area contributed by atoms with Crippen LogP contribution in [0.4, 0.5) is 5.69 Å². The van der Waals surface area contributed by atoms with Gasteiger partial charge in [-0.2, -0.15) is 0 Å². The normalized spacial score (nSPS) is 10.7. The SMILES string of the molecule is CC(C)CNC(=O)c1ccccc1NC(=O)COC(=O)Cn1cnc2ccccc2c1=O.